The van der Waals surface area contributed by atoms with Crippen molar-refractivity contribution >= 4 is 28.0 Å². The van der Waals surface area contributed by atoms with Crippen molar-refractivity contribution in [1.29, 1.82) is 0 Å². The Bertz CT molecular complexity index is 868. The van der Waals surface area contributed by atoms with E-state index < -0.39 is 0 Å². The molecule has 106 valence electrons. The number of hydrogen-bond donors (Lipinski definition) is 3. The predicted molar refractivity (Wildman–Crippen MR) is 81.2 cm³/mol. The van der Waals surface area contributed by atoms with Crippen molar-refractivity contribution in [3.63, 3.8) is 0 Å². The topological polar surface area (TPSA) is 83.8 Å². The highest BCUT2D eigenvalue weighted by atomic mass is 19.1. The Morgan fingerprint density at radius 3 is 2.90 bits per heavy atom. The van der Waals surface area contributed by atoms with E-state index in [1.54, 1.807) is 25.1 Å². The molecule has 0 aliphatic carbocycles. The second-order valence-corrected chi connectivity index (χ2v) is 4.75. The second-order valence-electron chi connectivity index (χ2n) is 4.75. The molecule has 0 unspecified atom stereocenters. The standard InChI is InChI=1S/C15H13FN4O/c1-8-3-2-4-10(16)14(8)20-13-6-12-9(5-11(13)17)15(21)19-7-18-12/h2-7,20H,17H2,1H3,(H,18,19,21). The predicted octanol–water partition coefficient (Wildman–Crippen LogP) is 2.70. The van der Waals surface area contributed by atoms with Gasteiger partial charge in [0.15, 0.2) is 0 Å². The molecule has 3 rings (SSSR count). The summed E-state index contributed by atoms with van der Waals surface area (Å²) >= 11 is 0. The van der Waals surface area contributed by atoms with E-state index in [0.29, 0.717) is 28.0 Å². The number of anilines is 3. The summed E-state index contributed by atoms with van der Waals surface area (Å²) in [6.07, 6.45) is 1.32. The molecule has 0 bridgehead atoms. The van der Waals surface area contributed by atoms with E-state index in [0.717, 1.165) is 5.56 Å². The number of nitrogens with two attached hydrogens (primary N) is 1. The lowest BCUT2D eigenvalue weighted by Crippen LogP contribution is -2.08. The van der Waals surface area contributed by atoms with Crippen LogP contribution in [0.3, 0.4) is 0 Å². The fraction of sp³-hybridized carbons (Fsp3) is 0.0667. The Kier molecular flexibility index (Phi) is 3.06. The Morgan fingerprint density at radius 2 is 2.14 bits per heavy atom. The molecule has 1 heterocycles. The summed E-state index contributed by atoms with van der Waals surface area (Å²) < 4.78 is 13.9. The summed E-state index contributed by atoms with van der Waals surface area (Å²) in [4.78, 5) is 18.2. The van der Waals surface area contributed by atoms with Crippen molar-refractivity contribution in [1.82, 2.24) is 9.97 Å². The number of aryl methyl sites for hydroxylation is 1. The summed E-state index contributed by atoms with van der Waals surface area (Å²) in [5, 5.41) is 3.36. The van der Waals surface area contributed by atoms with Crippen LogP contribution in [0.1, 0.15) is 5.56 Å². The first-order chi connectivity index (χ1) is 10.1. The molecule has 0 saturated heterocycles. The lowest BCUT2D eigenvalue weighted by molar-refractivity contribution is 0.631. The number of H-pyrrole nitrogens is 1. The van der Waals surface area contributed by atoms with E-state index in [1.165, 1.54) is 18.5 Å². The average molecular weight is 284 g/mol. The minimum atomic E-state index is -0.367. The third kappa shape index (κ3) is 2.31. The highest BCUT2D eigenvalue weighted by Gasteiger charge is 2.10. The van der Waals surface area contributed by atoms with Crippen molar-refractivity contribution in [2.24, 2.45) is 0 Å². The van der Waals surface area contributed by atoms with Gasteiger partial charge in [0.25, 0.3) is 5.56 Å². The van der Waals surface area contributed by atoms with Crippen molar-refractivity contribution in [2.75, 3.05) is 11.1 Å². The molecule has 3 aromatic rings. The van der Waals surface area contributed by atoms with Crippen LogP contribution in [0.2, 0.25) is 0 Å². The molecule has 0 spiro atoms. The second kappa shape index (κ2) is 4.90. The van der Waals surface area contributed by atoms with Gasteiger partial charge in [0.2, 0.25) is 0 Å². The van der Waals surface area contributed by atoms with Crippen LogP contribution in [0.25, 0.3) is 10.9 Å². The van der Waals surface area contributed by atoms with Gasteiger partial charge in [-0.15, -0.1) is 0 Å². The lowest BCUT2D eigenvalue weighted by atomic mass is 10.1. The van der Waals surface area contributed by atoms with Crippen molar-refractivity contribution in [2.45, 2.75) is 6.92 Å². The van der Waals surface area contributed by atoms with E-state index in [4.69, 9.17) is 5.73 Å². The quantitative estimate of drug-likeness (QED) is 0.632. The summed E-state index contributed by atoms with van der Waals surface area (Å²) in [5.41, 5.74) is 8.14. The minimum absolute atomic E-state index is 0.264. The molecular formula is C15H13FN4O. The first kappa shape index (κ1) is 13.1. The monoisotopic (exact) mass is 284 g/mol. The molecule has 0 fully saturated rings. The number of hydrogen-bond acceptors (Lipinski definition) is 4. The zero-order valence-corrected chi connectivity index (χ0v) is 11.3. The molecule has 6 heteroatoms. The molecule has 0 radical (unpaired) electrons. The number of halogens is 1. The molecule has 21 heavy (non-hydrogen) atoms. The molecule has 5 nitrogen and oxygen atoms in total. The largest absolute Gasteiger partial charge is 0.397 e. The van der Waals surface area contributed by atoms with Gasteiger partial charge in [-0.25, -0.2) is 9.37 Å². The van der Waals surface area contributed by atoms with Crippen LogP contribution in [-0.4, -0.2) is 9.97 Å². The summed E-state index contributed by atoms with van der Waals surface area (Å²) in [5.74, 6) is -0.367. The van der Waals surface area contributed by atoms with Gasteiger partial charge >= 0.3 is 0 Å². The van der Waals surface area contributed by atoms with Crippen LogP contribution < -0.4 is 16.6 Å². The first-order valence-electron chi connectivity index (χ1n) is 6.35. The molecule has 0 aliphatic heterocycles. The van der Waals surface area contributed by atoms with Gasteiger partial charge in [0.1, 0.15) is 5.82 Å². The van der Waals surface area contributed by atoms with Crippen LogP contribution in [0.4, 0.5) is 21.5 Å². The highest BCUT2D eigenvalue weighted by molar-refractivity contribution is 5.89. The molecule has 1 aromatic heterocycles. The maximum absolute atomic E-state index is 13.9. The fourth-order valence-electron chi connectivity index (χ4n) is 2.17. The molecule has 2 aromatic carbocycles. The van der Waals surface area contributed by atoms with Crippen LogP contribution in [0.15, 0.2) is 41.5 Å². The van der Waals surface area contributed by atoms with Gasteiger partial charge < -0.3 is 16.0 Å². The molecule has 4 N–H and O–H groups in total. The number of rotatable bonds is 2. The van der Waals surface area contributed by atoms with E-state index in [2.05, 4.69) is 15.3 Å². The number of aromatic amines is 1. The molecular weight excluding hydrogens is 271 g/mol. The Hall–Kier alpha value is -2.89. The van der Waals surface area contributed by atoms with Crippen LogP contribution >= 0.6 is 0 Å². The SMILES string of the molecule is Cc1cccc(F)c1Nc1cc2nc[nH]c(=O)c2cc1N. The fourth-order valence-corrected chi connectivity index (χ4v) is 2.17. The number of nitrogens with zero attached hydrogens (tertiary/aromatic N) is 1. The van der Waals surface area contributed by atoms with Crippen LogP contribution in [-0.2, 0) is 0 Å². The summed E-state index contributed by atoms with van der Waals surface area (Å²) in [6.45, 7) is 1.80. The van der Waals surface area contributed by atoms with E-state index in [9.17, 15) is 9.18 Å². The zero-order chi connectivity index (χ0) is 15.0. The van der Waals surface area contributed by atoms with Gasteiger partial charge in [-0.05, 0) is 30.7 Å². The average Bonchev–Trinajstić information content (AvgIpc) is 2.45. The third-order valence-electron chi connectivity index (χ3n) is 3.29. The van der Waals surface area contributed by atoms with E-state index in [-0.39, 0.29) is 11.4 Å². The van der Waals surface area contributed by atoms with Gasteiger partial charge in [-0.3, -0.25) is 4.79 Å². The summed E-state index contributed by atoms with van der Waals surface area (Å²) in [6, 6.07) is 7.97. The van der Waals surface area contributed by atoms with Gasteiger partial charge in [-0.1, -0.05) is 12.1 Å². The molecule has 0 aliphatic rings. The zero-order valence-electron chi connectivity index (χ0n) is 11.3. The van der Waals surface area contributed by atoms with Gasteiger partial charge in [-0.2, -0.15) is 0 Å². The Balaban J connectivity index is 2.13. The number of aromatic nitrogens is 2. The Labute approximate surface area is 119 Å². The number of nitrogens with one attached hydrogen (secondary N) is 2. The summed E-state index contributed by atoms with van der Waals surface area (Å²) in [7, 11) is 0. The number of benzene rings is 2. The molecule has 0 atom stereocenters. The first-order valence-corrected chi connectivity index (χ1v) is 6.35. The smallest absolute Gasteiger partial charge is 0.258 e. The highest BCUT2D eigenvalue weighted by Crippen LogP contribution is 2.29. The normalized spacial score (nSPS) is 10.8. The maximum atomic E-state index is 13.9. The van der Waals surface area contributed by atoms with Crippen molar-refractivity contribution in [3.05, 3.63) is 58.4 Å². The number of para-hydroxylation sites is 1. The minimum Gasteiger partial charge on any atom is -0.397 e. The molecule has 0 saturated carbocycles. The Morgan fingerprint density at radius 1 is 1.33 bits per heavy atom. The van der Waals surface area contributed by atoms with Crippen molar-refractivity contribution < 1.29 is 4.39 Å². The third-order valence-corrected chi connectivity index (χ3v) is 3.29. The van der Waals surface area contributed by atoms with Crippen LogP contribution in [0.5, 0.6) is 0 Å². The van der Waals surface area contributed by atoms with E-state index >= 15 is 0 Å². The van der Waals surface area contributed by atoms with Crippen LogP contribution in [0, 0.1) is 12.7 Å². The van der Waals surface area contributed by atoms with Gasteiger partial charge in [0.05, 0.1) is 34.3 Å². The maximum Gasteiger partial charge on any atom is 0.258 e. The number of fused-ring (bicyclic) bond motifs is 1. The van der Waals surface area contributed by atoms with Gasteiger partial charge in [0, 0.05) is 0 Å². The lowest BCUT2D eigenvalue weighted by Gasteiger charge is -2.13. The molecule has 0 amide bonds. The van der Waals surface area contributed by atoms with E-state index in [1.807, 2.05) is 0 Å². The van der Waals surface area contributed by atoms with Crippen molar-refractivity contribution in [3.8, 4) is 0 Å². The number of nitrogen functional groups attached to an aromatic ring is 1.